The lowest BCUT2D eigenvalue weighted by atomic mass is 10.1. The van der Waals surface area contributed by atoms with Crippen LogP contribution in [0, 0.1) is 0 Å². The number of likely N-dealkylation sites (N-methyl/N-ethyl adjacent to an activating group) is 1. The van der Waals surface area contributed by atoms with Gasteiger partial charge in [0, 0.05) is 5.02 Å². The monoisotopic (exact) mass is 305 g/mol. The molecular formula is C17H20ClNO2. The van der Waals surface area contributed by atoms with Crippen molar-refractivity contribution in [3.8, 4) is 11.5 Å². The van der Waals surface area contributed by atoms with Gasteiger partial charge in [0.1, 0.15) is 18.1 Å². The van der Waals surface area contributed by atoms with Crippen LogP contribution in [0.25, 0.3) is 0 Å². The number of ether oxygens (including phenoxy) is 2. The van der Waals surface area contributed by atoms with E-state index in [9.17, 15) is 0 Å². The van der Waals surface area contributed by atoms with Gasteiger partial charge in [-0.2, -0.15) is 0 Å². The van der Waals surface area contributed by atoms with E-state index >= 15 is 0 Å². The average Bonchev–Trinajstić information content (AvgIpc) is 2.50. The molecule has 0 aliphatic heterocycles. The number of hydrogen-bond donors (Lipinski definition) is 1. The van der Waals surface area contributed by atoms with Gasteiger partial charge in [-0.1, -0.05) is 23.7 Å². The third-order valence-electron chi connectivity index (χ3n) is 3.15. The van der Waals surface area contributed by atoms with Gasteiger partial charge in [-0.05, 0) is 55.9 Å². The standard InChI is InChI=1S/C17H20ClNO2/c1-3-20-16-6-4-5-13(11-16)17(19-2)12-21-15-9-7-14(18)8-10-15/h4-11,17,19H,3,12H2,1-2H3. The van der Waals surface area contributed by atoms with Gasteiger partial charge in [-0.3, -0.25) is 0 Å². The normalized spacial score (nSPS) is 12.0. The van der Waals surface area contributed by atoms with Crippen LogP contribution < -0.4 is 14.8 Å². The maximum absolute atomic E-state index is 5.86. The fourth-order valence-electron chi connectivity index (χ4n) is 2.04. The number of halogens is 1. The summed E-state index contributed by atoms with van der Waals surface area (Å²) in [7, 11) is 1.92. The van der Waals surface area contributed by atoms with Crippen molar-refractivity contribution in [3.05, 3.63) is 59.1 Å². The van der Waals surface area contributed by atoms with Gasteiger partial charge < -0.3 is 14.8 Å². The molecule has 1 atom stereocenters. The molecule has 0 amide bonds. The van der Waals surface area contributed by atoms with Crippen LogP contribution in [0.1, 0.15) is 18.5 Å². The highest BCUT2D eigenvalue weighted by molar-refractivity contribution is 6.30. The molecule has 0 saturated carbocycles. The number of nitrogens with one attached hydrogen (secondary N) is 1. The van der Waals surface area contributed by atoms with Crippen molar-refractivity contribution >= 4 is 11.6 Å². The maximum Gasteiger partial charge on any atom is 0.119 e. The van der Waals surface area contributed by atoms with Crippen LogP contribution in [-0.4, -0.2) is 20.3 Å². The van der Waals surface area contributed by atoms with Gasteiger partial charge >= 0.3 is 0 Å². The summed E-state index contributed by atoms with van der Waals surface area (Å²) in [5.41, 5.74) is 1.14. The summed E-state index contributed by atoms with van der Waals surface area (Å²) >= 11 is 5.86. The first-order valence-electron chi connectivity index (χ1n) is 7.01. The summed E-state index contributed by atoms with van der Waals surface area (Å²) < 4.78 is 11.3. The van der Waals surface area contributed by atoms with E-state index in [-0.39, 0.29) is 6.04 Å². The molecule has 2 aromatic carbocycles. The van der Waals surface area contributed by atoms with Gasteiger partial charge in [0.05, 0.1) is 12.6 Å². The smallest absolute Gasteiger partial charge is 0.119 e. The molecule has 2 rings (SSSR count). The first-order valence-corrected chi connectivity index (χ1v) is 7.39. The Hall–Kier alpha value is -1.71. The third kappa shape index (κ3) is 4.66. The topological polar surface area (TPSA) is 30.5 Å². The summed E-state index contributed by atoms with van der Waals surface area (Å²) in [6.45, 7) is 3.18. The zero-order chi connectivity index (χ0) is 15.1. The van der Waals surface area contributed by atoms with Crippen LogP contribution in [0.5, 0.6) is 11.5 Å². The van der Waals surface area contributed by atoms with Gasteiger partial charge in [0.2, 0.25) is 0 Å². The predicted octanol–water partition coefficient (Wildman–Crippen LogP) is 4.08. The second-order valence-corrected chi connectivity index (χ2v) is 5.05. The Balaban J connectivity index is 2.02. The van der Waals surface area contributed by atoms with Crippen molar-refractivity contribution in [3.63, 3.8) is 0 Å². The molecule has 3 nitrogen and oxygen atoms in total. The molecule has 0 radical (unpaired) electrons. The highest BCUT2D eigenvalue weighted by atomic mass is 35.5. The van der Waals surface area contributed by atoms with Crippen LogP contribution in [0.3, 0.4) is 0 Å². The van der Waals surface area contributed by atoms with Crippen LogP contribution >= 0.6 is 11.6 Å². The van der Waals surface area contributed by atoms with Crippen molar-refractivity contribution in [1.82, 2.24) is 5.32 Å². The molecule has 0 bridgehead atoms. The van der Waals surface area contributed by atoms with Crippen LogP contribution in [0.15, 0.2) is 48.5 Å². The Morgan fingerprint density at radius 2 is 1.81 bits per heavy atom. The van der Waals surface area contributed by atoms with Crippen LogP contribution in [0.2, 0.25) is 5.02 Å². The molecule has 0 aliphatic rings. The molecule has 1 unspecified atom stereocenters. The fraction of sp³-hybridized carbons (Fsp3) is 0.294. The molecule has 0 heterocycles. The maximum atomic E-state index is 5.86. The second-order valence-electron chi connectivity index (χ2n) is 4.61. The van der Waals surface area contributed by atoms with Crippen LogP contribution in [0.4, 0.5) is 0 Å². The Morgan fingerprint density at radius 1 is 1.05 bits per heavy atom. The van der Waals surface area contributed by atoms with Crippen molar-refractivity contribution in [1.29, 1.82) is 0 Å². The third-order valence-corrected chi connectivity index (χ3v) is 3.40. The first kappa shape index (κ1) is 15.7. The summed E-state index contributed by atoms with van der Waals surface area (Å²) in [6.07, 6.45) is 0. The number of hydrogen-bond acceptors (Lipinski definition) is 3. The van der Waals surface area contributed by atoms with Crippen molar-refractivity contribution < 1.29 is 9.47 Å². The van der Waals surface area contributed by atoms with Gasteiger partial charge in [0.25, 0.3) is 0 Å². The highest BCUT2D eigenvalue weighted by Crippen LogP contribution is 2.21. The van der Waals surface area contributed by atoms with E-state index in [0.29, 0.717) is 18.2 Å². The van der Waals surface area contributed by atoms with Crippen molar-refractivity contribution in [2.24, 2.45) is 0 Å². The summed E-state index contributed by atoms with van der Waals surface area (Å²) in [4.78, 5) is 0. The second kappa shape index (κ2) is 7.91. The summed E-state index contributed by atoms with van der Waals surface area (Å²) in [6, 6.07) is 15.5. The zero-order valence-electron chi connectivity index (χ0n) is 12.3. The lowest BCUT2D eigenvalue weighted by molar-refractivity contribution is 0.272. The highest BCUT2D eigenvalue weighted by Gasteiger charge is 2.11. The lowest BCUT2D eigenvalue weighted by Crippen LogP contribution is -2.23. The molecule has 1 N–H and O–H groups in total. The fourth-order valence-corrected chi connectivity index (χ4v) is 2.17. The molecular weight excluding hydrogens is 286 g/mol. The average molecular weight is 306 g/mol. The summed E-state index contributed by atoms with van der Waals surface area (Å²) in [5, 5.41) is 3.97. The van der Waals surface area contributed by atoms with Gasteiger partial charge in [0.15, 0.2) is 0 Å². The van der Waals surface area contributed by atoms with E-state index in [1.54, 1.807) is 0 Å². The quantitative estimate of drug-likeness (QED) is 0.836. The number of rotatable bonds is 7. The minimum atomic E-state index is 0.0982. The molecule has 0 aromatic heterocycles. The van der Waals surface area contributed by atoms with E-state index in [1.165, 1.54) is 0 Å². The van der Waals surface area contributed by atoms with Crippen LogP contribution in [-0.2, 0) is 0 Å². The van der Waals surface area contributed by atoms with E-state index in [2.05, 4.69) is 11.4 Å². The lowest BCUT2D eigenvalue weighted by Gasteiger charge is -2.18. The van der Waals surface area contributed by atoms with Crippen molar-refractivity contribution in [2.75, 3.05) is 20.3 Å². The molecule has 0 spiro atoms. The first-order chi connectivity index (χ1) is 10.2. The molecule has 0 aliphatic carbocycles. The molecule has 112 valence electrons. The Kier molecular flexibility index (Phi) is 5.90. The Bertz CT molecular complexity index is 557. The minimum Gasteiger partial charge on any atom is -0.494 e. The van der Waals surface area contributed by atoms with Gasteiger partial charge in [-0.15, -0.1) is 0 Å². The van der Waals surface area contributed by atoms with E-state index in [4.69, 9.17) is 21.1 Å². The van der Waals surface area contributed by atoms with E-state index in [1.807, 2.05) is 56.4 Å². The molecule has 4 heteroatoms. The number of benzene rings is 2. The van der Waals surface area contributed by atoms with E-state index < -0.39 is 0 Å². The Labute approximate surface area is 130 Å². The minimum absolute atomic E-state index is 0.0982. The van der Waals surface area contributed by atoms with Gasteiger partial charge in [-0.25, -0.2) is 0 Å². The summed E-state index contributed by atoms with van der Waals surface area (Å²) in [5.74, 6) is 1.68. The Morgan fingerprint density at radius 3 is 2.48 bits per heavy atom. The van der Waals surface area contributed by atoms with Crippen molar-refractivity contribution in [2.45, 2.75) is 13.0 Å². The largest absolute Gasteiger partial charge is 0.494 e. The SMILES string of the molecule is CCOc1cccc(C(COc2ccc(Cl)cc2)NC)c1. The van der Waals surface area contributed by atoms with E-state index in [0.717, 1.165) is 17.1 Å². The molecule has 2 aromatic rings. The molecule has 0 saturated heterocycles. The molecule has 21 heavy (non-hydrogen) atoms. The zero-order valence-corrected chi connectivity index (χ0v) is 13.1. The predicted molar refractivity (Wildman–Crippen MR) is 86.4 cm³/mol. The molecule has 0 fully saturated rings.